The molecule has 0 radical (unpaired) electrons. The van der Waals surface area contributed by atoms with Crippen LogP contribution in [0.4, 0.5) is 18.9 Å². The minimum atomic E-state index is -4.50. The van der Waals surface area contributed by atoms with E-state index in [0.717, 1.165) is 49.5 Å². The van der Waals surface area contributed by atoms with E-state index in [9.17, 15) is 18.0 Å². The average molecular weight is 414 g/mol. The van der Waals surface area contributed by atoms with E-state index in [1.165, 1.54) is 18.3 Å². The number of nitrogens with zero attached hydrogens (tertiary/aromatic N) is 4. The third kappa shape index (κ3) is 3.74. The highest BCUT2D eigenvalue weighted by Crippen LogP contribution is 2.30. The average Bonchev–Trinajstić information content (AvgIpc) is 2.69. The molecule has 0 amide bonds. The Morgan fingerprint density at radius 3 is 2.61 bits per heavy atom. The smallest absolute Gasteiger partial charge is 0.381 e. The first-order chi connectivity index (χ1) is 13.3. The van der Waals surface area contributed by atoms with Crippen molar-refractivity contribution in [3.8, 4) is 5.69 Å². The highest BCUT2D eigenvalue weighted by Gasteiger charge is 2.32. The van der Waals surface area contributed by atoms with E-state index in [-0.39, 0.29) is 10.7 Å². The van der Waals surface area contributed by atoms with Crippen LogP contribution < -0.4 is 10.9 Å². The zero-order valence-corrected chi connectivity index (χ0v) is 15.7. The van der Waals surface area contributed by atoms with Crippen molar-refractivity contribution in [1.29, 1.82) is 0 Å². The molecule has 3 aliphatic heterocycles. The van der Waals surface area contributed by atoms with Crippen molar-refractivity contribution in [2.75, 3.05) is 44.6 Å². The maximum absolute atomic E-state index is 12.9. The van der Waals surface area contributed by atoms with Crippen LogP contribution in [0.5, 0.6) is 0 Å². The van der Waals surface area contributed by atoms with Crippen molar-refractivity contribution < 1.29 is 13.2 Å². The predicted molar refractivity (Wildman–Crippen MR) is 100 cm³/mol. The van der Waals surface area contributed by atoms with Crippen LogP contribution in [0.15, 0.2) is 35.3 Å². The van der Waals surface area contributed by atoms with Gasteiger partial charge in [0.15, 0.2) is 0 Å². The lowest BCUT2D eigenvalue weighted by atomic mass is 10.1. The van der Waals surface area contributed by atoms with Crippen molar-refractivity contribution in [3.05, 3.63) is 51.4 Å². The summed E-state index contributed by atoms with van der Waals surface area (Å²) in [5.41, 5.74) is -1.13. The van der Waals surface area contributed by atoms with Gasteiger partial charge in [-0.05, 0) is 18.2 Å². The minimum absolute atomic E-state index is 0.0109. The van der Waals surface area contributed by atoms with Crippen LogP contribution in [-0.4, -0.2) is 64.9 Å². The van der Waals surface area contributed by atoms with Gasteiger partial charge in [0.1, 0.15) is 5.02 Å². The zero-order chi connectivity index (χ0) is 19.9. The van der Waals surface area contributed by atoms with Gasteiger partial charge >= 0.3 is 6.18 Å². The zero-order valence-electron chi connectivity index (χ0n) is 14.9. The molecule has 28 heavy (non-hydrogen) atoms. The molecule has 0 aliphatic carbocycles. The number of hydrogen-bond acceptors (Lipinski definition) is 5. The normalized spacial score (nSPS) is 24.4. The number of alkyl halides is 3. The highest BCUT2D eigenvalue weighted by molar-refractivity contribution is 6.32. The molecule has 2 bridgehead atoms. The standard InChI is InChI=1S/C18H19ClF3N5O/c19-16-15(23-9-14-11-25-4-6-26(14)7-5-25)10-24-27(17(16)28)13-3-1-2-12(8-13)18(20,21)22/h1-3,8,10,14,23H,4-7,9,11H2. The van der Waals surface area contributed by atoms with Crippen molar-refractivity contribution in [1.82, 2.24) is 19.6 Å². The Labute approximate surface area is 164 Å². The number of anilines is 1. The molecule has 2 aromatic rings. The Kier molecular flexibility index (Phi) is 5.07. The van der Waals surface area contributed by atoms with Gasteiger partial charge in [0.2, 0.25) is 0 Å². The third-order valence-electron chi connectivity index (χ3n) is 5.26. The molecule has 5 rings (SSSR count). The lowest BCUT2D eigenvalue weighted by Gasteiger charge is -2.47. The second-order valence-corrected chi connectivity index (χ2v) is 7.39. The van der Waals surface area contributed by atoms with Crippen LogP contribution in [0.2, 0.25) is 5.02 Å². The summed E-state index contributed by atoms with van der Waals surface area (Å²) < 4.78 is 39.6. The van der Waals surface area contributed by atoms with Gasteiger partial charge in [-0.2, -0.15) is 23.0 Å². The summed E-state index contributed by atoms with van der Waals surface area (Å²) in [7, 11) is 0. The summed E-state index contributed by atoms with van der Waals surface area (Å²) >= 11 is 6.19. The fourth-order valence-corrected chi connectivity index (χ4v) is 3.90. The molecule has 6 nitrogen and oxygen atoms in total. The second-order valence-electron chi connectivity index (χ2n) is 7.01. The molecule has 3 saturated heterocycles. The molecule has 0 saturated carbocycles. The monoisotopic (exact) mass is 413 g/mol. The van der Waals surface area contributed by atoms with E-state index in [2.05, 4.69) is 20.2 Å². The van der Waals surface area contributed by atoms with E-state index >= 15 is 0 Å². The van der Waals surface area contributed by atoms with Gasteiger partial charge in [0.25, 0.3) is 5.56 Å². The molecule has 3 aliphatic rings. The topological polar surface area (TPSA) is 53.4 Å². The highest BCUT2D eigenvalue weighted by atomic mass is 35.5. The molecular weight excluding hydrogens is 395 g/mol. The number of aromatic nitrogens is 2. The Morgan fingerprint density at radius 2 is 1.96 bits per heavy atom. The maximum Gasteiger partial charge on any atom is 0.416 e. The number of rotatable bonds is 4. The third-order valence-corrected chi connectivity index (χ3v) is 5.62. The summed E-state index contributed by atoms with van der Waals surface area (Å²) in [4.78, 5) is 17.4. The number of halogens is 4. The molecule has 3 fully saturated rings. The first-order valence-corrected chi connectivity index (χ1v) is 9.36. The molecule has 1 atom stereocenters. The van der Waals surface area contributed by atoms with Gasteiger partial charge in [-0.1, -0.05) is 17.7 Å². The largest absolute Gasteiger partial charge is 0.416 e. The molecule has 1 N–H and O–H groups in total. The molecule has 10 heteroatoms. The Hall–Kier alpha value is -2.10. The van der Waals surface area contributed by atoms with Gasteiger partial charge in [0, 0.05) is 45.3 Å². The lowest BCUT2D eigenvalue weighted by Crippen LogP contribution is -2.62. The molecule has 1 aromatic heterocycles. The fraction of sp³-hybridized carbons (Fsp3) is 0.444. The number of piperazine rings is 3. The van der Waals surface area contributed by atoms with Crippen LogP contribution in [-0.2, 0) is 6.18 Å². The number of nitrogens with one attached hydrogen (secondary N) is 1. The van der Waals surface area contributed by atoms with E-state index in [4.69, 9.17) is 11.6 Å². The summed E-state index contributed by atoms with van der Waals surface area (Å²) in [6, 6.07) is 4.75. The molecule has 4 heterocycles. The quantitative estimate of drug-likeness (QED) is 0.833. The molecule has 150 valence electrons. The summed E-state index contributed by atoms with van der Waals surface area (Å²) in [5, 5.41) is 7.08. The Morgan fingerprint density at radius 1 is 1.21 bits per heavy atom. The summed E-state index contributed by atoms with van der Waals surface area (Å²) in [5.74, 6) is 0. The second kappa shape index (κ2) is 7.38. The summed E-state index contributed by atoms with van der Waals surface area (Å²) in [6.45, 7) is 5.77. The van der Waals surface area contributed by atoms with Gasteiger partial charge in [-0.25, -0.2) is 0 Å². The number of benzene rings is 1. The van der Waals surface area contributed by atoms with Crippen molar-refractivity contribution in [2.45, 2.75) is 12.2 Å². The molecule has 0 spiro atoms. The van der Waals surface area contributed by atoms with Gasteiger partial charge in [-0.15, -0.1) is 0 Å². The fourth-order valence-electron chi connectivity index (χ4n) is 3.70. The Balaban J connectivity index is 1.53. The number of fused-ring (bicyclic) bond motifs is 3. The molecular formula is C18H19ClF3N5O. The first kappa shape index (κ1) is 19.2. The van der Waals surface area contributed by atoms with Crippen molar-refractivity contribution in [3.63, 3.8) is 0 Å². The van der Waals surface area contributed by atoms with E-state index in [1.807, 2.05) is 0 Å². The van der Waals surface area contributed by atoms with Crippen LogP contribution >= 0.6 is 11.6 Å². The molecule has 1 aromatic carbocycles. The lowest BCUT2D eigenvalue weighted by molar-refractivity contribution is -0.137. The first-order valence-electron chi connectivity index (χ1n) is 8.98. The van der Waals surface area contributed by atoms with Gasteiger partial charge < -0.3 is 5.32 Å². The van der Waals surface area contributed by atoms with Crippen molar-refractivity contribution in [2.24, 2.45) is 0 Å². The minimum Gasteiger partial charge on any atom is -0.381 e. The number of hydrogen-bond donors (Lipinski definition) is 1. The van der Waals surface area contributed by atoms with Crippen LogP contribution in [0, 0.1) is 0 Å². The predicted octanol–water partition coefficient (Wildman–Crippen LogP) is 2.32. The van der Waals surface area contributed by atoms with Crippen molar-refractivity contribution >= 4 is 17.3 Å². The van der Waals surface area contributed by atoms with Crippen LogP contribution in [0.25, 0.3) is 5.69 Å². The van der Waals surface area contributed by atoms with E-state index < -0.39 is 17.3 Å². The van der Waals surface area contributed by atoms with E-state index in [1.54, 1.807) is 0 Å². The van der Waals surface area contributed by atoms with Crippen LogP contribution in [0.3, 0.4) is 0 Å². The van der Waals surface area contributed by atoms with Crippen LogP contribution in [0.1, 0.15) is 5.56 Å². The van der Waals surface area contributed by atoms with E-state index in [0.29, 0.717) is 18.3 Å². The van der Waals surface area contributed by atoms with Gasteiger partial charge in [-0.3, -0.25) is 14.6 Å². The maximum atomic E-state index is 12.9. The SMILES string of the molecule is O=c1c(Cl)c(NCC2CN3CCN2CC3)cnn1-c1cccc(C(F)(F)F)c1. The molecule has 1 unspecified atom stereocenters. The Bertz CT molecular complexity index is 924. The van der Waals surface area contributed by atoms with Gasteiger partial charge in [0.05, 0.1) is 23.1 Å². The summed E-state index contributed by atoms with van der Waals surface area (Å²) in [6.07, 6.45) is -3.13.